The zero-order valence-corrected chi connectivity index (χ0v) is 11.1. The van der Waals surface area contributed by atoms with Crippen molar-refractivity contribution in [2.75, 3.05) is 0 Å². The average Bonchev–Trinajstić information content (AvgIpc) is 2.96. The van der Waals surface area contributed by atoms with Crippen LogP contribution in [0.2, 0.25) is 0 Å². The summed E-state index contributed by atoms with van der Waals surface area (Å²) >= 11 is 1.31. The van der Waals surface area contributed by atoms with Crippen molar-refractivity contribution in [3.8, 4) is 0 Å². The van der Waals surface area contributed by atoms with Gasteiger partial charge in [0.2, 0.25) is 0 Å². The molecule has 2 aromatic heterocycles. The molecule has 0 fully saturated rings. The Labute approximate surface area is 113 Å². The van der Waals surface area contributed by atoms with Crippen LogP contribution >= 0.6 is 11.3 Å². The number of thiophene rings is 1. The van der Waals surface area contributed by atoms with Crippen LogP contribution in [0.15, 0.2) is 36.5 Å². The zero-order chi connectivity index (χ0) is 13.4. The first-order chi connectivity index (χ1) is 9.15. The van der Waals surface area contributed by atoms with Crippen LogP contribution in [0.3, 0.4) is 0 Å². The molecule has 96 valence electrons. The Morgan fingerprint density at radius 2 is 2.21 bits per heavy atom. The molecule has 0 atom stereocenters. The normalized spacial score (nSPS) is 11.0. The van der Waals surface area contributed by atoms with Gasteiger partial charge in [-0.1, -0.05) is 18.2 Å². The molecular formula is C14H12N2O2S. The Bertz CT molecular complexity index is 758. The minimum Gasteiger partial charge on any atom is -0.477 e. The van der Waals surface area contributed by atoms with Crippen molar-refractivity contribution in [2.45, 2.75) is 13.5 Å². The second-order valence-corrected chi connectivity index (χ2v) is 5.61. The molecule has 0 bridgehead atoms. The molecule has 19 heavy (non-hydrogen) atoms. The van der Waals surface area contributed by atoms with E-state index < -0.39 is 5.97 Å². The fraction of sp³-hybridized carbons (Fsp3) is 0.143. The van der Waals surface area contributed by atoms with Gasteiger partial charge in [-0.15, -0.1) is 11.3 Å². The minimum atomic E-state index is -0.871. The van der Waals surface area contributed by atoms with Crippen LogP contribution in [-0.2, 0) is 6.54 Å². The Balaban J connectivity index is 1.99. The van der Waals surface area contributed by atoms with Gasteiger partial charge in [0, 0.05) is 10.3 Å². The molecular weight excluding hydrogens is 260 g/mol. The van der Waals surface area contributed by atoms with Crippen LogP contribution in [0.5, 0.6) is 0 Å². The number of benzene rings is 1. The predicted molar refractivity (Wildman–Crippen MR) is 74.9 cm³/mol. The van der Waals surface area contributed by atoms with E-state index in [-0.39, 0.29) is 0 Å². The Morgan fingerprint density at radius 3 is 2.95 bits per heavy atom. The SMILES string of the molecule is Cc1sc(C(=O)O)cc1Cn1ncc2ccccc21. The summed E-state index contributed by atoms with van der Waals surface area (Å²) in [6, 6.07) is 9.72. The van der Waals surface area contributed by atoms with Gasteiger partial charge < -0.3 is 5.11 Å². The quantitative estimate of drug-likeness (QED) is 0.796. The van der Waals surface area contributed by atoms with Gasteiger partial charge in [-0.2, -0.15) is 5.10 Å². The van der Waals surface area contributed by atoms with Crippen LogP contribution in [0.4, 0.5) is 0 Å². The number of fused-ring (bicyclic) bond motifs is 1. The number of carbonyl (C=O) groups is 1. The van der Waals surface area contributed by atoms with Crippen LogP contribution in [-0.4, -0.2) is 20.9 Å². The molecule has 2 heterocycles. The maximum atomic E-state index is 11.0. The topological polar surface area (TPSA) is 55.1 Å². The molecule has 0 unspecified atom stereocenters. The summed E-state index contributed by atoms with van der Waals surface area (Å²) in [5, 5.41) is 14.5. The lowest BCUT2D eigenvalue weighted by Gasteiger charge is -2.02. The number of carboxylic acids is 1. The highest BCUT2D eigenvalue weighted by atomic mass is 32.1. The van der Waals surface area contributed by atoms with Crippen LogP contribution in [0.25, 0.3) is 10.9 Å². The van der Waals surface area contributed by atoms with Gasteiger partial charge in [-0.05, 0) is 24.6 Å². The van der Waals surface area contributed by atoms with E-state index in [0.29, 0.717) is 11.4 Å². The van der Waals surface area contributed by atoms with Crippen LogP contribution in [0, 0.1) is 6.92 Å². The van der Waals surface area contributed by atoms with Gasteiger partial charge in [0.05, 0.1) is 18.3 Å². The number of carboxylic acid groups (broad SMARTS) is 1. The highest BCUT2D eigenvalue weighted by molar-refractivity contribution is 7.14. The van der Waals surface area contributed by atoms with Gasteiger partial charge in [0.25, 0.3) is 0 Å². The lowest BCUT2D eigenvalue weighted by molar-refractivity contribution is 0.0702. The van der Waals surface area contributed by atoms with Crippen molar-refractivity contribution in [1.82, 2.24) is 9.78 Å². The second kappa shape index (κ2) is 4.51. The molecule has 3 aromatic rings. The third-order valence-corrected chi connectivity index (χ3v) is 4.18. The summed E-state index contributed by atoms with van der Waals surface area (Å²) < 4.78 is 1.90. The summed E-state index contributed by atoms with van der Waals surface area (Å²) in [7, 11) is 0. The van der Waals surface area contributed by atoms with E-state index in [1.807, 2.05) is 42.1 Å². The van der Waals surface area contributed by atoms with Gasteiger partial charge in [-0.3, -0.25) is 4.68 Å². The van der Waals surface area contributed by atoms with Crippen LogP contribution < -0.4 is 0 Å². The fourth-order valence-corrected chi connectivity index (χ4v) is 2.97. The van der Waals surface area contributed by atoms with E-state index in [1.54, 1.807) is 6.07 Å². The van der Waals surface area contributed by atoms with E-state index in [1.165, 1.54) is 11.3 Å². The highest BCUT2D eigenvalue weighted by Gasteiger charge is 2.12. The number of aromatic carboxylic acids is 1. The molecule has 0 saturated heterocycles. The predicted octanol–water partition coefficient (Wildman–Crippen LogP) is 3.15. The number of aryl methyl sites for hydroxylation is 1. The summed E-state index contributed by atoms with van der Waals surface area (Å²) in [6.45, 7) is 2.54. The Hall–Kier alpha value is -2.14. The summed E-state index contributed by atoms with van der Waals surface area (Å²) in [5.41, 5.74) is 2.07. The summed E-state index contributed by atoms with van der Waals surface area (Å²) in [5.74, 6) is -0.871. The van der Waals surface area contributed by atoms with Crippen molar-refractivity contribution >= 4 is 28.2 Å². The van der Waals surface area contributed by atoms with E-state index in [4.69, 9.17) is 5.11 Å². The maximum absolute atomic E-state index is 11.0. The van der Waals surface area contributed by atoms with Gasteiger partial charge in [-0.25, -0.2) is 4.79 Å². The van der Waals surface area contributed by atoms with Crippen LogP contribution in [0.1, 0.15) is 20.1 Å². The smallest absolute Gasteiger partial charge is 0.345 e. The molecule has 3 rings (SSSR count). The highest BCUT2D eigenvalue weighted by Crippen LogP contribution is 2.23. The third-order valence-electron chi connectivity index (χ3n) is 3.10. The van der Waals surface area contributed by atoms with E-state index >= 15 is 0 Å². The zero-order valence-electron chi connectivity index (χ0n) is 10.3. The molecule has 0 spiro atoms. The third kappa shape index (κ3) is 2.13. The monoisotopic (exact) mass is 272 g/mol. The Kier molecular flexibility index (Phi) is 2.83. The molecule has 1 aromatic carbocycles. The maximum Gasteiger partial charge on any atom is 0.345 e. The van der Waals surface area contributed by atoms with Gasteiger partial charge >= 0.3 is 5.97 Å². The van der Waals surface area contributed by atoms with Crippen molar-refractivity contribution < 1.29 is 9.90 Å². The fourth-order valence-electron chi connectivity index (χ4n) is 2.10. The average molecular weight is 272 g/mol. The molecule has 1 N–H and O–H groups in total. The molecule has 5 heteroatoms. The first kappa shape index (κ1) is 11.9. The molecule has 0 aliphatic heterocycles. The first-order valence-corrected chi connectivity index (χ1v) is 6.70. The van der Waals surface area contributed by atoms with Crippen molar-refractivity contribution in [3.63, 3.8) is 0 Å². The largest absolute Gasteiger partial charge is 0.477 e. The minimum absolute atomic E-state index is 0.379. The first-order valence-electron chi connectivity index (χ1n) is 5.88. The molecule has 0 aliphatic rings. The number of hydrogen-bond acceptors (Lipinski definition) is 3. The van der Waals surface area contributed by atoms with Gasteiger partial charge in [0.1, 0.15) is 4.88 Å². The van der Waals surface area contributed by atoms with Crippen molar-refractivity contribution in [2.24, 2.45) is 0 Å². The summed E-state index contributed by atoms with van der Waals surface area (Å²) in [6.07, 6.45) is 1.83. The standard InChI is InChI=1S/C14H12N2O2S/c1-9-11(6-13(19-9)14(17)18)8-16-12-5-3-2-4-10(12)7-15-16/h2-7H,8H2,1H3,(H,17,18). The number of aromatic nitrogens is 2. The van der Waals surface area contributed by atoms with Crippen molar-refractivity contribution in [1.29, 1.82) is 0 Å². The lowest BCUT2D eigenvalue weighted by atomic mass is 10.2. The van der Waals surface area contributed by atoms with E-state index in [2.05, 4.69) is 5.10 Å². The molecule has 0 amide bonds. The second-order valence-electron chi connectivity index (χ2n) is 4.36. The lowest BCUT2D eigenvalue weighted by Crippen LogP contribution is -2.01. The number of hydrogen-bond donors (Lipinski definition) is 1. The molecule has 0 aliphatic carbocycles. The molecule has 0 saturated carbocycles. The number of nitrogens with zero attached hydrogens (tertiary/aromatic N) is 2. The van der Waals surface area contributed by atoms with Gasteiger partial charge in [0.15, 0.2) is 0 Å². The number of para-hydroxylation sites is 1. The van der Waals surface area contributed by atoms with Crippen molar-refractivity contribution in [3.05, 3.63) is 51.8 Å². The molecule has 4 nitrogen and oxygen atoms in total. The van der Waals surface area contributed by atoms with E-state index in [0.717, 1.165) is 21.3 Å². The Morgan fingerprint density at radius 1 is 1.42 bits per heavy atom. The van der Waals surface area contributed by atoms with E-state index in [9.17, 15) is 4.79 Å². The summed E-state index contributed by atoms with van der Waals surface area (Å²) in [4.78, 5) is 12.4. The number of rotatable bonds is 3. The molecule has 0 radical (unpaired) electrons.